The van der Waals surface area contributed by atoms with Crippen LogP contribution in [-0.2, 0) is 11.3 Å². The van der Waals surface area contributed by atoms with Crippen molar-refractivity contribution in [1.29, 1.82) is 0 Å². The molecule has 0 aliphatic heterocycles. The zero-order valence-corrected chi connectivity index (χ0v) is 13.1. The van der Waals surface area contributed by atoms with Gasteiger partial charge in [-0.2, -0.15) is 0 Å². The number of hydrogen-bond acceptors (Lipinski definition) is 4. The second-order valence-electron chi connectivity index (χ2n) is 6.15. The third kappa shape index (κ3) is 4.22. The lowest BCUT2D eigenvalue weighted by Crippen LogP contribution is -2.30. The van der Waals surface area contributed by atoms with Crippen LogP contribution in [0.3, 0.4) is 0 Å². The van der Waals surface area contributed by atoms with Crippen LogP contribution in [0, 0.1) is 11.8 Å². The van der Waals surface area contributed by atoms with Gasteiger partial charge in [0.2, 0.25) is 0 Å². The summed E-state index contributed by atoms with van der Waals surface area (Å²) < 4.78 is 11.3. The molecule has 0 saturated heterocycles. The van der Waals surface area contributed by atoms with Crippen LogP contribution in [-0.4, -0.2) is 30.4 Å². The van der Waals surface area contributed by atoms with Crippen molar-refractivity contribution in [2.75, 3.05) is 7.11 Å². The minimum atomic E-state index is -1.47. The van der Waals surface area contributed by atoms with Gasteiger partial charge >= 0.3 is 7.12 Å². The number of ether oxygens (including phenoxy) is 2. The summed E-state index contributed by atoms with van der Waals surface area (Å²) in [7, 11) is 0.142. The van der Waals surface area contributed by atoms with Gasteiger partial charge in [-0.05, 0) is 42.6 Å². The topological polar surface area (TPSA) is 58.9 Å². The van der Waals surface area contributed by atoms with Crippen molar-refractivity contribution < 1.29 is 19.5 Å². The third-order valence-corrected chi connectivity index (χ3v) is 4.63. The lowest BCUT2D eigenvalue weighted by Gasteiger charge is -2.32. The van der Waals surface area contributed by atoms with Crippen LogP contribution in [0.5, 0.6) is 5.75 Å². The van der Waals surface area contributed by atoms with Crippen LogP contribution in [0.1, 0.15) is 38.7 Å². The first-order valence-corrected chi connectivity index (χ1v) is 7.65. The Hall–Kier alpha value is -1.04. The monoisotopic (exact) mass is 292 g/mol. The standard InChI is InChI=1S/C16H25BO4/c1-11-4-6-15(8-12(11)2)21-10-13-9-14(17(18)19)5-7-16(13)20-3/h5,7,9,11-12,15,18-19H,4,6,8,10H2,1-3H3. The maximum Gasteiger partial charge on any atom is 0.488 e. The van der Waals surface area contributed by atoms with Crippen molar-refractivity contribution in [3.8, 4) is 5.75 Å². The fourth-order valence-electron chi connectivity index (χ4n) is 2.93. The Morgan fingerprint density at radius 3 is 2.57 bits per heavy atom. The summed E-state index contributed by atoms with van der Waals surface area (Å²) in [6.07, 6.45) is 3.67. The zero-order chi connectivity index (χ0) is 15.4. The van der Waals surface area contributed by atoms with Gasteiger partial charge in [-0.3, -0.25) is 0 Å². The summed E-state index contributed by atoms with van der Waals surface area (Å²) in [5, 5.41) is 18.5. The molecule has 0 heterocycles. The highest BCUT2D eigenvalue weighted by Gasteiger charge is 2.25. The van der Waals surface area contributed by atoms with Crippen LogP contribution in [0.4, 0.5) is 0 Å². The number of rotatable bonds is 5. The van der Waals surface area contributed by atoms with Gasteiger partial charge in [-0.25, -0.2) is 0 Å². The molecular formula is C16H25BO4. The predicted molar refractivity (Wildman–Crippen MR) is 83.6 cm³/mol. The summed E-state index contributed by atoms with van der Waals surface area (Å²) in [4.78, 5) is 0. The summed E-state index contributed by atoms with van der Waals surface area (Å²) >= 11 is 0. The lowest BCUT2D eigenvalue weighted by atomic mass is 9.79. The Morgan fingerprint density at radius 1 is 1.19 bits per heavy atom. The molecule has 116 valence electrons. The Bertz CT molecular complexity index is 464. The van der Waals surface area contributed by atoms with Gasteiger partial charge in [-0.1, -0.05) is 26.0 Å². The van der Waals surface area contributed by atoms with E-state index in [2.05, 4.69) is 13.8 Å². The first kappa shape index (κ1) is 16.3. The molecule has 2 N–H and O–H groups in total. The highest BCUT2D eigenvalue weighted by atomic mass is 16.5. The van der Waals surface area contributed by atoms with Crippen LogP contribution in [0.15, 0.2) is 18.2 Å². The van der Waals surface area contributed by atoms with Gasteiger partial charge in [0.05, 0.1) is 19.8 Å². The molecule has 1 aromatic carbocycles. The molecule has 1 aromatic rings. The van der Waals surface area contributed by atoms with E-state index in [9.17, 15) is 10.0 Å². The molecule has 0 radical (unpaired) electrons. The van der Waals surface area contributed by atoms with Crippen molar-refractivity contribution in [3.05, 3.63) is 23.8 Å². The summed E-state index contributed by atoms with van der Waals surface area (Å²) in [6, 6.07) is 5.13. The third-order valence-electron chi connectivity index (χ3n) is 4.63. The molecule has 2 rings (SSSR count). The van der Waals surface area contributed by atoms with E-state index in [1.807, 2.05) is 0 Å². The lowest BCUT2D eigenvalue weighted by molar-refractivity contribution is -0.00805. The van der Waals surface area contributed by atoms with E-state index in [0.717, 1.165) is 30.1 Å². The molecule has 21 heavy (non-hydrogen) atoms. The van der Waals surface area contributed by atoms with E-state index >= 15 is 0 Å². The SMILES string of the molecule is COc1ccc(B(O)O)cc1COC1CCC(C)C(C)C1. The molecule has 0 amide bonds. The van der Waals surface area contributed by atoms with Gasteiger partial charge in [0.25, 0.3) is 0 Å². The van der Waals surface area contributed by atoms with E-state index in [4.69, 9.17) is 9.47 Å². The van der Waals surface area contributed by atoms with Crippen LogP contribution in [0.2, 0.25) is 0 Å². The quantitative estimate of drug-likeness (QED) is 0.811. The fraction of sp³-hybridized carbons (Fsp3) is 0.625. The Balaban J connectivity index is 2.00. The summed E-state index contributed by atoms with van der Waals surface area (Å²) in [6.45, 7) is 5.02. The first-order chi connectivity index (χ1) is 10.0. The highest BCUT2D eigenvalue weighted by molar-refractivity contribution is 6.58. The number of hydrogen-bond donors (Lipinski definition) is 2. The molecule has 1 aliphatic rings. The highest BCUT2D eigenvalue weighted by Crippen LogP contribution is 2.31. The fourth-order valence-corrected chi connectivity index (χ4v) is 2.93. The second kappa shape index (κ2) is 7.30. The maximum atomic E-state index is 9.27. The van der Waals surface area contributed by atoms with Crippen LogP contribution >= 0.6 is 0 Å². The minimum absolute atomic E-state index is 0.281. The second-order valence-corrected chi connectivity index (χ2v) is 6.15. The van der Waals surface area contributed by atoms with Crippen molar-refractivity contribution in [2.24, 2.45) is 11.8 Å². The molecular weight excluding hydrogens is 267 g/mol. The Morgan fingerprint density at radius 2 is 1.95 bits per heavy atom. The molecule has 4 nitrogen and oxygen atoms in total. The molecule has 1 fully saturated rings. The molecule has 0 spiro atoms. The molecule has 3 unspecified atom stereocenters. The average molecular weight is 292 g/mol. The maximum absolute atomic E-state index is 9.27. The predicted octanol–water partition coefficient (Wildman–Crippen LogP) is 1.72. The normalized spacial score (nSPS) is 25.7. The molecule has 3 atom stereocenters. The molecule has 0 bridgehead atoms. The summed E-state index contributed by atoms with van der Waals surface area (Å²) in [5.74, 6) is 2.18. The van der Waals surface area contributed by atoms with E-state index < -0.39 is 7.12 Å². The van der Waals surface area contributed by atoms with Gasteiger partial charge in [0, 0.05) is 5.56 Å². The number of methoxy groups -OCH3 is 1. The minimum Gasteiger partial charge on any atom is -0.496 e. The largest absolute Gasteiger partial charge is 0.496 e. The molecule has 0 aromatic heterocycles. The van der Waals surface area contributed by atoms with Gasteiger partial charge in [0.15, 0.2) is 0 Å². The average Bonchev–Trinajstić information content (AvgIpc) is 2.48. The zero-order valence-electron chi connectivity index (χ0n) is 13.1. The van der Waals surface area contributed by atoms with E-state index in [1.54, 1.807) is 25.3 Å². The van der Waals surface area contributed by atoms with Crippen LogP contribution < -0.4 is 10.2 Å². The van der Waals surface area contributed by atoms with E-state index in [-0.39, 0.29) is 6.10 Å². The Kier molecular flexibility index (Phi) is 5.68. The van der Waals surface area contributed by atoms with E-state index in [0.29, 0.717) is 18.0 Å². The van der Waals surface area contributed by atoms with E-state index in [1.165, 1.54) is 6.42 Å². The molecule has 5 heteroatoms. The van der Waals surface area contributed by atoms with Crippen molar-refractivity contribution in [1.82, 2.24) is 0 Å². The van der Waals surface area contributed by atoms with Crippen molar-refractivity contribution in [2.45, 2.75) is 45.8 Å². The Labute approximate surface area is 127 Å². The smallest absolute Gasteiger partial charge is 0.488 e. The summed E-state index contributed by atoms with van der Waals surface area (Å²) in [5.41, 5.74) is 1.31. The van der Waals surface area contributed by atoms with Gasteiger partial charge < -0.3 is 19.5 Å². The first-order valence-electron chi connectivity index (χ1n) is 7.65. The van der Waals surface area contributed by atoms with Gasteiger partial charge in [-0.15, -0.1) is 0 Å². The van der Waals surface area contributed by atoms with Crippen molar-refractivity contribution >= 4 is 12.6 Å². The van der Waals surface area contributed by atoms with Crippen LogP contribution in [0.25, 0.3) is 0 Å². The number of benzene rings is 1. The van der Waals surface area contributed by atoms with Crippen molar-refractivity contribution in [3.63, 3.8) is 0 Å². The molecule has 1 saturated carbocycles. The molecule has 1 aliphatic carbocycles. The van der Waals surface area contributed by atoms with Gasteiger partial charge in [0.1, 0.15) is 5.75 Å².